The van der Waals surface area contributed by atoms with E-state index in [0.717, 1.165) is 11.1 Å². The summed E-state index contributed by atoms with van der Waals surface area (Å²) in [5.74, 6) is -0.627. The van der Waals surface area contributed by atoms with Gasteiger partial charge in [0, 0.05) is 17.7 Å². The quantitative estimate of drug-likeness (QED) is 0.708. The van der Waals surface area contributed by atoms with Crippen LogP contribution in [0.15, 0.2) is 36.4 Å². The molecule has 2 atom stereocenters. The predicted octanol–water partition coefficient (Wildman–Crippen LogP) is 4.16. The summed E-state index contributed by atoms with van der Waals surface area (Å²) < 4.78 is 6.20. The molecule has 2 heterocycles. The summed E-state index contributed by atoms with van der Waals surface area (Å²) in [6.07, 6.45) is 0.486. The third-order valence-corrected chi connectivity index (χ3v) is 5.59. The lowest BCUT2D eigenvalue weighted by atomic mass is 9.82. The van der Waals surface area contributed by atoms with Crippen LogP contribution in [0, 0.1) is 0 Å². The first-order chi connectivity index (χ1) is 13.5. The molecule has 2 aromatic carbocycles. The van der Waals surface area contributed by atoms with Crippen LogP contribution in [0.2, 0.25) is 0 Å². The number of urea groups is 1. The first kappa shape index (κ1) is 19.1. The predicted molar refractivity (Wildman–Crippen MR) is 108 cm³/mol. The van der Waals surface area contributed by atoms with Crippen LogP contribution in [0.4, 0.5) is 10.5 Å². The van der Waals surface area contributed by atoms with Gasteiger partial charge in [0.25, 0.3) is 0 Å². The fourth-order valence-corrected chi connectivity index (χ4v) is 4.03. The first-order valence-corrected chi connectivity index (χ1v) is 9.50. The van der Waals surface area contributed by atoms with Gasteiger partial charge < -0.3 is 20.3 Å². The minimum Gasteiger partial charge on any atom is -0.504 e. The van der Waals surface area contributed by atoms with E-state index < -0.39 is 11.7 Å². The van der Waals surface area contributed by atoms with E-state index in [0.29, 0.717) is 17.9 Å². The summed E-state index contributed by atoms with van der Waals surface area (Å²) in [6, 6.07) is 9.12. The molecular weight excluding hydrogens is 372 g/mol. The Balaban J connectivity index is 1.77. The highest BCUT2D eigenvalue weighted by molar-refractivity contribution is 5.96. The zero-order valence-corrected chi connectivity index (χ0v) is 16.8. The Bertz CT molecular complexity index is 1010. The second-order valence-corrected chi connectivity index (χ2v) is 8.83. The van der Waals surface area contributed by atoms with Crippen LogP contribution in [-0.2, 0) is 5.41 Å². The number of hydrogen-bond acceptors (Lipinski definition) is 4. The normalized spacial score (nSPS) is 23.1. The summed E-state index contributed by atoms with van der Waals surface area (Å²) in [5, 5.41) is 22.8. The van der Waals surface area contributed by atoms with E-state index in [9.17, 15) is 14.7 Å². The van der Waals surface area contributed by atoms with Crippen LogP contribution in [-0.4, -0.2) is 27.9 Å². The van der Waals surface area contributed by atoms with Crippen molar-refractivity contribution in [2.75, 3.05) is 4.90 Å². The molecule has 2 amide bonds. The topological polar surface area (TPSA) is 99.1 Å². The first-order valence-electron chi connectivity index (χ1n) is 9.50. The van der Waals surface area contributed by atoms with Crippen molar-refractivity contribution in [2.24, 2.45) is 0 Å². The number of carbonyl (C=O) groups is 2. The van der Waals surface area contributed by atoms with E-state index in [1.54, 1.807) is 25.1 Å². The van der Waals surface area contributed by atoms with E-state index in [2.05, 4.69) is 26.1 Å². The number of nitrogens with one attached hydrogen (secondary N) is 1. The highest BCUT2D eigenvalue weighted by Crippen LogP contribution is 2.50. The van der Waals surface area contributed by atoms with Crippen molar-refractivity contribution < 1.29 is 24.5 Å². The number of anilines is 1. The fraction of sp³-hybridized carbons (Fsp3) is 0.364. The zero-order valence-electron chi connectivity index (χ0n) is 16.8. The molecule has 7 heteroatoms. The summed E-state index contributed by atoms with van der Waals surface area (Å²) in [5.41, 5.74) is 1.19. The maximum atomic E-state index is 13.0. The highest BCUT2D eigenvalue weighted by atomic mass is 16.5. The lowest BCUT2D eigenvalue weighted by Gasteiger charge is -2.50. The number of aromatic carboxylic acids is 1. The smallest absolute Gasteiger partial charge is 0.335 e. The number of carbonyl (C=O) groups excluding carboxylic acids is 1. The van der Waals surface area contributed by atoms with Crippen LogP contribution < -0.4 is 15.0 Å². The third kappa shape index (κ3) is 3.06. The molecule has 0 saturated carbocycles. The average molecular weight is 396 g/mol. The maximum absolute atomic E-state index is 13.0. The Morgan fingerprint density at radius 1 is 1.24 bits per heavy atom. The molecular formula is C22H24N2O5. The molecule has 1 saturated heterocycles. The maximum Gasteiger partial charge on any atom is 0.335 e. The van der Waals surface area contributed by atoms with Gasteiger partial charge >= 0.3 is 12.0 Å². The van der Waals surface area contributed by atoms with Gasteiger partial charge in [-0.1, -0.05) is 20.8 Å². The van der Waals surface area contributed by atoms with E-state index in [1.807, 2.05) is 6.07 Å². The molecule has 152 valence electrons. The van der Waals surface area contributed by atoms with Crippen molar-refractivity contribution in [2.45, 2.75) is 51.3 Å². The van der Waals surface area contributed by atoms with Crippen LogP contribution in [0.25, 0.3) is 0 Å². The van der Waals surface area contributed by atoms with Crippen LogP contribution >= 0.6 is 0 Å². The molecule has 0 spiro atoms. The number of benzene rings is 2. The van der Waals surface area contributed by atoms with E-state index in [4.69, 9.17) is 9.84 Å². The average Bonchev–Trinajstić information content (AvgIpc) is 2.61. The minimum atomic E-state index is -1.03. The molecule has 2 aliphatic heterocycles. The Kier molecular flexibility index (Phi) is 4.05. The number of phenolic OH excluding ortho intramolecular Hbond substituents is 1. The molecule has 2 aromatic rings. The van der Waals surface area contributed by atoms with Gasteiger partial charge in [-0.25, -0.2) is 9.59 Å². The SMILES string of the molecule is CC(C)(C)c1cc(O)c2c(c1)C1CC(C)(O2)N(c2ccc(C(=O)O)cc2)C(=O)N1. The number of nitrogens with zero attached hydrogens (tertiary/aromatic N) is 1. The molecule has 0 aromatic heterocycles. The third-order valence-electron chi connectivity index (χ3n) is 5.59. The number of aromatic hydroxyl groups is 1. The molecule has 2 aliphatic rings. The highest BCUT2D eigenvalue weighted by Gasteiger charge is 2.50. The number of ether oxygens (including phenoxy) is 1. The van der Waals surface area contributed by atoms with Gasteiger partial charge in [0.2, 0.25) is 0 Å². The fourth-order valence-electron chi connectivity index (χ4n) is 4.03. The molecule has 0 radical (unpaired) electrons. The number of hydrogen-bond donors (Lipinski definition) is 3. The van der Waals surface area contributed by atoms with E-state index in [-0.39, 0.29) is 28.8 Å². The summed E-state index contributed by atoms with van der Waals surface area (Å²) in [7, 11) is 0. The van der Waals surface area contributed by atoms with Gasteiger partial charge in [-0.15, -0.1) is 0 Å². The van der Waals surface area contributed by atoms with Crippen LogP contribution in [0.1, 0.15) is 61.6 Å². The van der Waals surface area contributed by atoms with E-state index >= 15 is 0 Å². The number of amides is 2. The van der Waals surface area contributed by atoms with Crippen molar-refractivity contribution in [1.29, 1.82) is 0 Å². The molecule has 2 unspecified atom stereocenters. The van der Waals surface area contributed by atoms with Crippen molar-refractivity contribution in [3.05, 3.63) is 53.1 Å². The van der Waals surface area contributed by atoms with E-state index in [1.165, 1.54) is 17.0 Å². The van der Waals surface area contributed by atoms with Gasteiger partial charge in [0.15, 0.2) is 17.2 Å². The number of fused-ring (bicyclic) bond motifs is 4. The van der Waals surface area contributed by atoms with Gasteiger partial charge in [-0.2, -0.15) is 0 Å². The molecule has 29 heavy (non-hydrogen) atoms. The Morgan fingerprint density at radius 2 is 1.90 bits per heavy atom. The lowest BCUT2D eigenvalue weighted by Crippen LogP contribution is -2.65. The van der Waals surface area contributed by atoms with Crippen LogP contribution in [0.5, 0.6) is 11.5 Å². The van der Waals surface area contributed by atoms with Gasteiger partial charge in [0.1, 0.15) is 0 Å². The molecule has 2 bridgehead atoms. The largest absolute Gasteiger partial charge is 0.504 e. The summed E-state index contributed by atoms with van der Waals surface area (Å²) in [4.78, 5) is 25.5. The van der Waals surface area contributed by atoms with Crippen LogP contribution in [0.3, 0.4) is 0 Å². The van der Waals surface area contributed by atoms with Gasteiger partial charge in [-0.3, -0.25) is 4.90 Å². The Hall–Kier alpha value is -3.22. The molecule has 0 aliphatic carbocycles. The number of phenols is 1. The number of carboxylic acids is 1. The number of carboxylic acid groups (broad SMARTS) is 1. The molecule has 3 N–H and O–H groups in total. The minimum absolute atomic E-state index is 0.0423. The van der Waals surface area contributed by atoms with Crippen molar-refractivity contribution in [3.8, 4) is 11.5 Å². The molecule has 7 nitrogen and oxygen atoms in total. The van der Waals surface area contributed by atoms with Crippen molar-refractivity contribution >= 4 is 17.7 Å². The number of rotatable bonds is 2. The summed E-state index contributed by atoms with van der Waals surface area (Å²) in [6.45, 7) is 7.97. The molecule has 4 rings (SSSR count). The molecule has 1 fully saturated rings. The zero-order chi connectivity index (χ0) is 21.1. The second-order valence-electron chi connectivity index (χ2n) is 8.83. The second kappa shape index (κ2) is 6.14. The lowest BCUT2D eigenvalue weighted by molar-refractivity contribution is 0.0348. The van der Waals surface area contributed by atoms with Crippen molar-refractivity contribution in [1.82, 2.24) is 5.32 Å². The Morgan fingerprint density at radius 3 is 2.48 bits per heavy atom. The standard InChI is InChI=1S/C22H24N2O5/c1-21(2,3)13-9-15-16-11-22(4,29-18(15)17(25)10-13)24(20(28)23-16)14-7-5-12(6-8-14)19(26)27/h5-10,16,25H,11H2,1-4H3,(H,23,28)(H,26,27). The van der Waals surface area contributed by atoms with Gasteiger partial charge in [-0.05, 0) is 54.3 Å². The van der Waals surface area contributed by atoms with Gasteiger partial charge in [0.05, 0.1) is 11.6 Å². The Labute approximate surface area is 168 Å². The monoisotopic (exact) mass is 396 g/mol. The van der Waals surface area contributed by atoms with Crippen molar-refractivity contribution in [3.63, 3.8) is 0 Å². The summed E-state index contributed by atoms with van der Waals surface area (Å²) >= 11 is 0.